The number of hydrogen-bond donors (Lipinski definition) is 1. The van der Waals surface area contributed by atoms with E-state index in [2.05, 4.69) is 5.32 Å². The fraction of sp³-hybridized carbons (Fsp3) is 0.400. The zero-order valence-corrected chi connectivity index (χ0v) is 15.9. The van der Waals surface area contributed by atoms with Gasteiger partial charge in [-0.05, 0) is 56.4 Å². The molecule has 26 heavy (non-hydrogen) atoms. The molecule has 0 saturated heterocycles. The quantitative estimate of drug-likeness (QED) is 0.728. The molecule has 1 amide bonds. The minimum atomic E-state index is -0.343. The Balaban J connectivity index is 1.84. The van der Waals surface area contributed by atoms with E-state index in [4.69, 9.17) is 9.47 Å². The van der Waals surface area contributed by atoms with Crippen LogP contribution in [0.25, 0.3) is 0 Å². The van der Waals surface area contributed by atoms with E-state index in [1.165, 1.54) is 16.2 Å². The Morgan fingerprint density at radius 3 is 2.85 bits per heavy atom. The molecule has 0 saturated carbocycles. The first-order valence-corrected chi connectivity index (χ1v) is 9.81. The minimum Gasteiger partial charge on any atom is -0.494 e. The molecule has 1 N–H and O–H groups in total. The Hall–Kier alpha value is -2.34. The third-order valence-electron chi connectivity index (χ3n) is 4.20. The number of rotatable bonds is 7. The average molecular weight is 373 g/mol. The SMILES string of the molecule is CCCOC(=O)c1c(NC(=O)c2cccc(OCC)c2)sc2c1CCC2. The summed E-state index contributed by atoms with van der Waals surface area (Å²) >= 11 is 1.48. The van der Waals surface area contributed by atoms with E-state index in [0.29, 0.717) is 35.1 Å². The molecule has 0 spiro atoms. The van der Waals surface area contributed by atoms with Crippen LogP contribution in [-0.2, 0) is 17.6 Å². The van der Waals surface area contributed by atoms with Crippen LogP contribution in [0.2, 0.25) is 0 Å². The van der Waals surface area contributed by atoms with Gasteiger partial charge >= 0.3 is 5.97 Å². The van der Waals surface area contributed by atoms with Gasteiger partial charge in [0.25, 0.3) is 5.91 Å². The van der Waals surface area contributed by atoms with Crippen LogP contribution in [0.4, 0.5) is 5.00 Å². The van der Waals surface area contributed by atoms with Crippen molar-refractivity contribution in [2.75, 3.05) is 18.5 Å². The summed E-state index contributed by atoms with van der Waals surface area (Å²) in [5.74, 6) is 0.0528. The van der Waals surface area contributed by atoms with E-state index in [0.717, 1.165) is 31.2 Å². The summed E-state index contributed by atoms with van der Waals surface area (Å²) in [7, 11) is 0. The highest BCUT2D eigenvalue weighted by molar-refractivity contribution is 7.17. The van der Waals surface area contributed by atoms with Crippen molar-refractivity contribution in [3.63, 3.8) is 0 Å². The number of anilines is 1. The van der Waals surface area contributed by atoms with E-state index in [1.54, 1.807) is 18.2 Å². The van der Waals surface area contributed by atoms with Gasteiger partial charge in [0.15, 0.2) is 0 Å². The summed E-state index contributed by atoms with van der Waals surface area (Å²) in [5, 5.41) is 3.49. The number of thiophene rings is 1. The van der Waals surface area contributed by atoms with E-state index in [9.17, 15) is 9.59 Å². The van der Waals surface area contributed by atoms with E-state index >= 15 is 0 Å². The third-order valence-corrected chi connectivity index (χ3v) is 5.40. The van der Waals surface area contributed by atoms with Gasteiger partial charge < -0.3 is 14.8 Å². The lowest BCUT2D eigenvalue weighted by Crippen LogP contribution is -2.15. The topological polar surface area (TPSA) is 64.6 Å². The average Bonchev–Trinajstić information content (AvgIpc) is 3.21. The number of nitrogens with one attached hydrogen (secondary N) is 1. The van der Waals surface area contributed by atoms with Crippen LogP contribution in [0.1, 0.15) is 57.8 Å². The smallest absolute Gasteiger partial charge is 0.341 e. The molecule has 1 aliphatic rings. The summed E-state index contributed by atoms with van der Waals surface area (Å²) < 4.78 is 10.8. The number of benzene rings is 1. The molecule has 1 aromatic heterocycles. The van der Waals surface area contributed by atoms with Crippen LogP contribution in [0.15, 0.2) is 24.3 Å². The molecule has 138 valence electrons. The van der Waals surface area contributed by atoms with Gasteiger partial charge in [0.1, 0.15) is 10.8 Å². The Kier molecular flexibility index (Phi) is 5.93. The molecular formula is C20H23NO4S. The summed E-state index contributed by atoms with van der Waals surface area (Å²) in [5.41, 5.74) is 2.07. The number of fused-ring (bicyclic) bond motifs is 1. The van der Waals surface area contributed by atoms with Crippen LogP contribution in [0.3, 0.4) is 0 Å². The third kappa shape index (κ3) is 3.90. The first-order valence-electron chi connectivity index (χ1n) is 8.99. The van der Waals surface area contributed by atoms with E-state index in [-0.39, 0.29) is 11.9 Å². The maximum absolute atomic E-state index is 12.7. The fourth-order valence-corrected chi connectivity index (χ4v) is 4.32. The lowest BCUT2D eigenvalue weighted by Gasteiger charge is -2.09. The molecule has 1 aromatic carbocycles. The largest absolute Gasteiger partial charge is 0.494 e. The number of carbonyl (C=O) groups is 2. The van der Waals surface area contributed by atoms with Gasteiger partial charge in [-0.3, -0.25) is 4.79 Å². The zero-order valence-electron chi connectivity index (χ0n) is 15.1. The highest BCUT2D eigenvalue weighted by Gasteiger charge is 2.28. The highest BCUT2D eigenvalue weighted by atomic mass is 32.1. The molecule has 5 nitrogen and oxygen atoms in total. The molecule has 6 heteroatoms. The Bertz CT molecular complexity index is 812. The number of amides is 1. The van der Waals surface area contributed by atoms with Gasteiger partial charge in [-0.1, -0.05) is 13.0 Å². The predicted octanol–water partition coefficient (Wildman–Crippen LogP) is 4.45. The maximum Gasteiger partial charge on any atom is 0.341 e. The Morgan fingerprint density at radius 1 is 1.23 bits per heavy atom. The Labute approximate surface area is 157 Å². The molecule has 1 heterocycles. The predicted molar refractivity (Wildman–Crippen MR) is 102 cm³/mol. The van der Waals surface area contributed by atoms with Crippen LogP contribution in [0.5, 0.6) is 5.75 Å². The minimum absolute atomic E-state index is 0.254. The normalized spacial score (nSPS) is 12.5. The van der Waals surface area contributed by atoms with E-state index in [1.807, 2.05) is 19.9 Å². The van der Waals surface area contributed by atoms with Crippen molar-refractivity contribution in [1.82, 2.24) is 0 Å². The standard InChI is InChI=1S/C20H23NO4S/c1-3-11-25-20(23)17-15-9-6-10-16(15)26-19(17)21-18(22)13-7-5-8-14(12-13)24-4-2/h5,7-8,12H,3-4,6,9-11H2,1-2H3,(H,21,22). The number of ether oxygens (including phenoxy) is 2. The number of carbonyl (C=O) groups excluding carboxylic acids is 2. The first kappa shape index (κ1) is 18.5. The fourth-order valence-electron chi connectivity index (χ4n) is 3.04. The Morgan fingerprint density at radius 2 is 2.08 bits per heavy atom. The van der Waals surface area contributed by atoms with Crippen LogP contribution in [-0.4, -0.2) is 25.1 Å². The van der Waals surface area contributed by atoms with Gasteiger partial charge in [0.2, 0.25) is 0 Å². The summed E-state index contributed by atoms with van der Waals surface area (Å²) in [6.45, 7) is 4.77. The monoisotopic (exact) mass is 373 g/mol. The van der Waals surface area contributed by atoms with Crippen molar-refractivity contribution in [2.24, 2.45) is 0 Å². The molecule has 2 aromatic rings. The second-order valence-electron chi connectivity index (χ2n) is 6.11. The van der Waals surface area contributed by atoms with Gasteiger partial charge in [0, 0.05) is 10.4 Å². The summed E-state index contributed by atoms with van der Waals surface area (Å²) in [6, 6.07) is 7.03. The summed E-state index contributed by atoms with van der Waals surface area (Å²) in [6.07, 6.45) is 3.62. The molecule has 0 unspecified atom stereocenters. The molecule has 3 rings (SSSR count). The van der Waals surface area contributed by atoms with Crippen LogP contribution >= 0.6 is 11.3 Å². The van der Waals surface area contributed by atoms with Gasteiger partial charge in [-0.25, -0.2) is 4.79 Å². The first-order chi connectivity index (χ1) is 12.6. The van der Waals surface area contributed by atoms with Crippen molar-refractivity contribution in [1.29, 1.82) is 0 Å². The van der Waals surface area contributed by atoms with E-state index < -0.39 is 0 Å². The number of hydrogen-bond acceptors (Lipinski definition) is 5. The second-order valence-corrected chi connectivity index (χ2v) is 7.22. The lowest BCUT2D eigenvalue weighted by atomic mass is 10.1. The lowest BCUT2D eigenvalue weighted by molar-refractivity contribution is 0.0505. The molecule has 0 bridgehead atoms. The second kappa shape index (κ2) is 8.36. The van der Waals surface area contributed by atoms with Crippen LogP contribution in [0, 0.1) is 0 Å². The van der Waals surface area contributed by atoms with Crippen molar-refractivity contribution in [2.45, 2.75) is 39.5 Å². The van der Waals surface area contributed by atoms with Crippen molar-refractivity contribution < 1.29 is 19.1 Å². The molecule has 0 fully saturated rings. The van der Waals surface area contributed by atoms with Gasteiger partial charge in [-0.2, -0.15) is 0 Å². The van der Waals surface area contributed by atoms with Crippen molar-refractivity contribution in [3.05, 3.63) is 45.8 Å². The highest BCUT2D eigenvalue weighted by Crippen LogP contribution is 2.39. The summed E-state index contributed by atoms with van der Waals surface area (Å²) in [4.78, 5) is 26.4. The molecule has 0 aliphatic heterocycles. The van der Waals surface area contributed by atoms with Gasteiger partial charge in [0.05, 0.1) is 18.8 Å². The molecule has 0 atom stereocenters. The maximum atomic E-state index is 12.7. The number of esters is 1. The zero-order chi connectivity index (χ0) is 18.5. The molecule has 1 aliphatic carbocycles. The van der Waals surface area contributed by atoms with Gasteiger partial charge in [-0.15, -0.1) is 11.3 Å². The molecule has 0 radical (unpaired) electrons. The number of aryl methyl sites for hydroxylation is 1. The van der Waals surface area contributed by atoms with Crippen molar-refractivity contribution >= 4 is 28.2 Å². The van der Waals surface area contributed by atoms with Crippen LogP contribution < -0.4 is 10.1 Å². The van der Waals surface area contributed by atoms with Crippen molar-refractivity contribution in [3.8, 4) is 5.75 Å². The molecular weight excluding hydrogens is 350 g/mol.